The smallest absolute Gasteiger partial charge is 0.122 e. The molecule has 1 aromatic rings. The van der Waals surface area contributed by atoms with Crippen molar-refractivity contribution in [2.24, 2.45) is 0 Å². The quantitative estimate of drug-likeness (QED) is 0.657. The van der Waals surface area contributed by atoms with Gasteiger partial charge >= 0.3 is 0 Å². The maximum absolute atomic E-state index is 5.83. The number of hydrogen-bond acceptors (Lipinski definition) is 4. The van der Waals surface area contributed by atoms with Crippen LogP contribution in [0, 0.1) is 0 Å². The lowest BCUT2D eigenvalue weighted by Gasteiger charge is -2.12. The predicted molar refractivity (Wildman–Crippen MR) is 82.8 cm³/mol. The Hall–Kier alpha value is -0.450. The summed E-state index contributed by atoms with van der Waals surface area (Å²) in [4.78, 5) is 6.18. The molecular formula is C15H28N2OS. The molecule has 1 rings (SSSR count). The van der Waals surface area contributed by atoms with Crippen LogP contribution in [0.25, 0.3) is 0 Å². The molecule has 1 N–H and O–H groups in total. The summed E-state index contributed by atoms with van der Waals surface area (Å²) in [6.45, 7) is 11.4. The van der Waals surface area contributed by atoms with Gasteiger partial charge in [0.25, 0.3) is 0 Å². The lowest BCUT2D eigenvalue weighted by atomic mass is 10.2. The van der Waals surface area contributed by atoms with Crippen molar-refractivity contribution in [1.29, 1.82) is 0 Å². The van der Waals surface area contributed by atoms with Gasteiger partial charge in [0.2, 0.25) is 0 Å². The Morgan fingerprint density at radius 2 is 2.00 bits per heavy atom. The van der Waals surface area contributed by atoms with Gasteiger partial charge in [-0.15, -0.1) is 11.3 Å². The number of rotatable bonds is 10. The van der Waals surface area contributed by atoms with Crippen LogP contribution >= 0.6 is 11.3 Å². The summed E-state index contributed by atoms with van der Waals surface area (Å²) in [7, 11) is 0. The molecule has 1 unspecified atom stereocenters. The van der Waals surface area contributed by atoms with Crippen molar-refractivity contribution in [3.63, 3.8) is 0 Å². The van der Waals surface area contributed by atoms with Gasteiger partial charge in [-0.25, -0.2) is 4.98 Å². The summed E-state index contributed by atoms with van der Waals surface area (Å²) in [6.07, 6.45) is 4.56. The molecule has 0 spiro atoms. The highest BCUT2D eigenvalue weighted by molar-refractivity contribution is 7.11. The van der Waals surface area contributed by atoms with Gasteiger partial charge in [-0.2, -0.15) is 0 Å². The molecule has 1 atom stereocenters. The number of aromatic nitrogens is 1. The third-order valence-electron chi connectivity index (χ3n) is 3.04. The molecule has 0 amide bonds. The van der Waals surface area contributed by atoms with Crippen LogP contribution in [0.5, 0.6) is 0 Å². The topological polar surface area (TPSA) is 34.1 Å². The van der Waals surface area contributed by atoms with Crippen LogP contribution in [-0.4, -0.2) is 18.1 Å². The van der Waals surface area contributed by atoms with Crippen LogP contribution in [0.4, 0.5) is 0 Å². The molecule has 1 aromatic heterocycles. The maximum Gasteiger partial charge on any atom is 0.122 e. The number of hydrogen-bond donors (Lipinski definition) is 1. The van der Waals surface area contributed by atoms with E-state index in [-0.39, 0.29) is 6.10 Å². The molecule has 0 radical (unpaired) electrons. The van der Waals surface area contributed by atoms with Crippen LogP contribution in [0.3, 0.4) is 0 Å². The standard InChI is InChI=1S/C15H28N2OS/c1-5-9-13(18-8-4)15-17-12(7-3)14(19-15)11-16-10-6-2/h13,16H,5-11H2,1-4H3. The van der Waals surface area contributed by atoms with Gasteiger partial charge in [0, 0.05) is 18.0 Å². The van der Waals surface area contributed by atoms with Crippen LogP contribution in [0.2, 0.25) is 0 Å². The number of thiazole rings is 1. The lowest BCUT2D eigenvalue weighted by Crippen LogP contribution is -2.13. The average Bonchev–Trinajstić information content (AvgIpc) is 2.82. The molecule has 0 aliphatic carbocycles. The SMILES string of the molecule is CCCNCc1sc(C(CCC)OCC)nc1CC. The van der Waals surface area contributed by atoms with Gasteiger partial charge in [0.1, 0.15) is 11.1 Å². The summed E-state index contributed by atoms with van der Waals surface area (Å²) < 4.78 is 5.83. The van der Waals surface area contributed by atoms with Crippen LogP contribution in [0.15, 0.2) is 0 Å². The van der Waals surface area contributed by atoms with Crippen molar-refractivity contribution in [1.82, 2.24) is 10.3 Å². The predicted octanol–water partition coefficient (Wildman–Crippen LogP) is 4.08. The minimum absolute atomic E-state index is 0.185. The van der Waals surface area contributed by atoms with Gasteiger partial charge in [-0.1, -0.05) is 27.2 Å². The zero-order chi connectivity index (χ0) is 14.1. The zero-order valence-corrected chi connectivity index (χ0v) is 13.6. The summed E-state index contributed by atoms with van der Waals surface area (Å²) in [5.41, 5.74) is 1.24. The van der Waals surface area contributed by atoms with Crippen molar-refractivity contribution < 1.29 is 4.74 Å². The highest BCUT2D eigenvalue weighted by Crippen LogP contribution is 2.29. The molecule has 3 nitrogen and oxygen atoms in total. The molecule has 110 valence electrons. The minimum Gasteiger partial charge on any atom is -0.371 e. The Balaban J connectivity index is 2.77. The zero-order valence-electron chi connectivity index (χ0n) is 12.8. The second-order valence-electron chi connectivity index (χ2n) is 4.68. The van der Waals surface area contributed by atoms with E-state index in [0.717, 1.165) is 44.0 Å². The number of nitrogens with zero attached hydrogens (tertiary/aromatic N) is 1. The Bertz CT molecular complexity index is 346. The highest BCUT2D eigenvalue weighted by atomic mass is 32.1. The summed E-state index contributed by atoms with van der Waals surface area (Å²) >= 11 is 1.82. The van der Waals surface area contributed by atoms with Crippen LogP contribution < -0.4 is 5.32 Å². The first-order valence-electron chi connectivity index (χ1n) is 7.57. The van der Waals surface area contributed by atoms with Crippen molar-refractivity contribution in [2.45, 2.75) is 66.0 Å². The fraction of sp³-hybridized carbons (Fsp3) is 0.800. The van der Waals surface area contributed by atoms with Gasteiger partial charge in [-0.3, -0.25) is 0 Å². The minimum atomic E-state index is 0.185. The molecule has 4 heteroatoms. The van der Waals surface area contributed by atoms with E-state index >= 15 is 0 Å². The molecule has 0 aromatic carbocycles. The molecule has 0 fully saturated rings. The van der Waals surface area contributed by atoms with E-state index in [1.807, 2.05) is 11.3 Å². The number of aryl methyl sites for hydroxylation is 1. The first-order valence-corrected chi connectivity index (χ1v) is 8.39. The lowest BCUT2D eigenvalue weighted by molar-refractivity contribution is 0.0554. The first-order chi connectivity index (χ1) is 9.26. The van der Waals surface area contributed by atoms with Crippen molar-refractivity contribution in [2.75, 3.05) is 13.2 Å². The van der Waals surface area contributed by atoms with Crippen molar-refractivity contribution in [3.05, 3.63) is 15.6 Å². The Morgan fingerprint density at radius 3 is 2.58 bits per heavy atom. The molecule has 0 bridgehead atoms. The van der Waals surface area contributed by atoms with E-state index in [9.17, 15) is 0 Å². The largest absolute Gasteiger partial charge is 0.371 e. The van der Waals surface area contributed by atoms with E-state index in [4.69, 9.17) is 9.72 Å². The summed E-state index contributed by atoms with van der Waals surface area (Å²) in [5.74, 6) is 0. The van der Waals surface area contributed by atoms with Crippen LogP contribution in [-0.2, 0) is 17.7 Å². The summed E-state index contributed by atoms with van der Waals surface area (Å²) in [6, 6.07) is 0. The van der Waals surface area contributed by atoms with E-state index in [1.165, 1.54) is 17.0 Å². The van der Waals surface area contributed by atoms with E-state index in [0.29, 0.717) is 0 Å². The molecule has 0 saturated heterocycles. The second-order valence-corrected chi connectivity index (χ2v) is 5.80. The van der Waals surface area contributed by atoms with Gasteiger partial charge in [0.05, 0.1) is 5.69 Å². The number of nitrogens with one attached hydrogen (secondary N) is 1. The van der Waals surface area contributed by atoms with Gasteiger partial charge in [0.15, 0.2) is 0 Å². The fourth-order valence-corrected chi connectivity index (χ4v) is 3.28. The average molecular weight is 284 g/mol. The number of ether oxygens (including phenoxy) is 1. The van der Waals surface area contributed by atoms with E-state index < -0.39 is 0 Å². The molecular weight excluding hydrogens is 256 g/mol. The van der Waals surface area contributed by atoms with E-state index in [1.54, 1.807) is 0 Å². The Kier molecular flexibility index (Phi) is 8.26. The Morgan fingerprint density at radius 1 is 1.21 bits per heavy atom. The monoisotopic (exact) mass is 284 g/mol. The first kappa shape index (κ1) is 16.6. The van der Waals surface area contributed by atoms with Gasteiger partial charge in [-0.05, 0) is 32.7 Å². The molecule has 0 saturated carbocycles. The second kappa shape index (κ2) is 9.45. The van der Waals surface area contributed by atoms with Crippen molar-refractivity contribution >= 4 is 11.3 Å². The van der Waals surface area contributed by atoms with Crippen LogP contribution in [0.1, 0.15) is 68.6 Å². The molecule has 19 heavy (non-hydrogen) atoms. The Labute approximate surface area is 121 Å². The van der Waals surface area contributed by atoms with Gasteiger partial charge < -0.3 is 10.1 Å². The fourth-order valence-electron chi connectivity index (χ4n) is 2.08. The third kappa shape index (κ3) is 5.21. The maximum atomic E-state index is 5.83. The van der Waals surface area contributed by atoms with Crippen molar-refractivity contribution in [3.8, 4) is 0 Å². The molecule has 1 heterocycles. The summed E-state index contributed by atoms with van der Waals surface area (Å²) in [5, 5.41) is 4.63. The van der Waals surface area contributed by atoms with E-state index in [2.05, 4.69) is 33.0 Å². The normalized spacial score (nSPS) is 12.8. The molecule has 0 aliphatic heterocycles. The third-order valence-corrected chi connectivity index (χ3v) is 4.23. The molecule has 0 aliphatic rings. The highest BCUT2D eigenvalue weighted by Gasteiger charge is 2.18.